The van der Waals surface area contributed by atoms with Crippen LogP contribution in [0.4, 0.5) is 0 Å². The number of aryl methyl sites for hydroxylation is 1. The highest BCUT2D eigenvalue weighted by Gasteiger charge is 2.26. The van der Waals surface area contributed by atoms with Crippen LogP contribution in [0.1, 0.15) is 23.8 Å². The van der Waals surface area contributed by atoms with E-state index in [9.17, 15) is 4.79 Å². The summed E-state index contributed by atoms with van der Waals surface area (Å²) in [5, 5.41) is 11.6. The van der Waals surface area contributed by atoms with Gasteiger partial charge >= 0.3 is 0 Å². The van der Waals surface area contributed by atoms with E-state index in [1.807, 2.05) is 37.3 Å². The minimum absolute atomic E-state index is 0.0323. The van der Waals surface area contributed by atoms with Crippen molar-refractivity contribution in [2.75, 3.05) is 6.61 Å². The van der Waals surface area contributed by atoms with Gasteiger partial charge in [-0.15, -0.1) is 10.2 Å². The number of nitrogens with zero attached hydrogens (tertiary/aromatic N) is 2. The minimum Gasteiger partial charge on any atom is -0.484 e. The second kappa shape index (κ2) is 9.00. The van der Waals surface area contributed by atoms with E-state index in [0.29, 0.717) is 34.7 Å². The summed E-state index contributed by atoms with van der Waals surface area (Å²) in [6.07, 6.45) is 2.51. The van der Waals surface area contributed by atoms with Crippen LogP contribution >= 0.6 is 11.6 Å². The summed E-state index contributed by atoms with van der Waals surface area (Å²) < 4.78 is 16.7. The Morgan fingerprint density at radius 2 is 1.77 bits per heavy atom. The average molecular weight is 426 g/mol. The van der Waals surface area contributed by atoms with Crippen molar-refractivity contribution in [1.82, 2.24) is 15.5 Å². The number of hydrogen-bond acceptors (Lipinski definition) is 6. The molecule has 0 aliphatic heterocycles. The standard InChI is InChI=1S/C22H20ClN3O4/c1-14-2-6-18(7-3-14)28-12-20(27)24-17-10-15(11-17)22-26-25-21(30-22)13-29-19-8-4-16(23)5-9-19/h2-10,17H,11-13H2,1H3,(H,24,27). The molecule has 0 saturated carbocycles. The smallest absolute Gasteiger partial charge is 0.258 e. The SMILES string of the molecule is Cc1ccc(OCC(=O)NC2C=C(c3nnc(COc4ccc(Cl)cc4)o3)C2)cc1. The van der Waals surface area contributed by atoms with Crippen LogP contribution in [-0.2, 0) is 11.4 Å². The maximum atomic E-state index is 12.0. The zero-order valence-corrected chi connectivity index (χ0v) is 17.1. The molecule has 154 valence electrons. The molecule has 1 amide bonds. The van der Waals surface area contributed by atoms with Gasteiger partial charge in [-0.05, 0) is 43.3 Å². The third-order valence-electron chi connectivity index (χ3n) is 4.50. The Morgan fingerprint density at radius 1 is 1.10 bits per heavy atom. The monoisotopic (exact) mass is 425 g/mol. The van der Waals surface area contributed by atoms with E-state index in [1.54, 1.807) is 24.3 Å². The maximum Gasteiger partial charge on any atom is 0.258 e. The van der Waals surface area contributed by atoms with Crippen LogP contribution in [0.5, 0.6) is 11.5 Å². The number of amides is 1. The van der Waals surface area contributed by atoms with Crippen LogP contribution in [0, 0.1) is 6.92 Å². The highest BCUT2D eigenvalue weighted by molar-refractivity contribution is 6.30. The predicted molar refractivity (Wildman–Crippen MR) is 111 cm³/mol. The Bertz CT molecular complexity index is 1050. The number of halogens is 1. The first-order chi connectivity index (χ1) is 14.5. The lowest BCUT2D eigenvalue weighted by atomic mass is 9.93. The number of ether oxygens (including phenoxy) is 2. The molecule has 1 atom stereocenters. The summed E-state index contributed by atoms with van der Waals surface area (Å²) in [6, 6.07) is 14.5. The molecule has 0 bridgehead atoms. The van der Waals surface area contributed by atoms with Crippen LogP contribution < -0.4 is 14.8 Å². The zero-order valence-electron chi connectivity index (χ0n) is 16.3. The van der Waals surface area contributed by atoms with Crippen molar-refractivity contribution in [2.45, 2.75) is 26.0 Å². The normalized spacial score (nSPS) is 15.1. The molecule has 1 aliphatic carbocycles. The van der Waals surface area contributed by atoms with Crippen molar-refractivity contribution in [3.8, 4) is 11.5 Å². The molecular formula is C22H20ClN3O4. The van der Waals surface area contributed by atoms with Crippen molar-refractivity contribution < 1.29 is 18.7 Å². The third kappa shape index (κ3) is 5.18. The Balaban J connectivity index is 1.22. The molecule has 30 heavy (non-hydrogen) atoms. The van der Waals surface area contributed by atoms with Gasteiger partial charge in [-0.2, -0.15) is 0 Å². The first-order valence-corrected chi connectivity index (χ1v) is 9.83. The lowest BCUT2D eigenvalue weighted by Gasteiger charge is -2.24. The van der Waals surface area contributed by atoms with Gasteiger partial charge in [0.1, 0.15) is 11.5 Å². The van der Waals surface area contributed by atoms with Crippen molar-refractivity contribution in [1.29, 1.82) is 0 Å². The van der Waals surface area contributed by atoms with Gasteiger partial charge in [0.25, 0.3) is 11.8 Å². The van der Waals surface area contributed by atoms with Crippen LogP contribution in [0.2, 0.25) is 5.02 Å². The molecular weight excluding hydrogens is 406 g/mol. The van der Waals surface area contributed by atoms with E-state index in [4.69, 9.17) is 25.5 Å². The Hall–Kier alpha value is -3.32. The molecule has 1 aliphatic rings. The van der Waals surface area contributed by atoms with Crippen LogP contribution in [-0.4, -0.2) is 28.8 Å². The molecule has 8 heteroatoms. The first-order valence-electron chi connectivity index (χ1n) is 9.46. The number of aromatic nitrogens is 2. The topological polar surface area (TPSA) is 86.5 Å². The van der Waals surface area contributed by atoms with Crippen molar-refractivity contribution in [3.05, 3.63) is 77.0 Å². The summed E-state index contributed by atoms with van der Waals surface area (Å²) in [7, 11) is 0. The summed E-state index contributed by atoms with van der Waals surface area (Å²) in [6.45, 7) is 2.13. The quantitative estimate of drug-likeness (QED) is 0.587. The highest BCUT2D eigenvalue weighted by atomic mass is 35.5. The molecule has 7 nitrogen and oxygen atoms in total. The molecule has 1 aromatic heterocycles. The van der Waals surface area contributed by atoms with Gasteiger partial charge in [0.05, 0.1) is 6.04 Å². The van der Waals surface area contributed by atoms with Gasteiger partial charge in [0.15, 0.2) is 13.2 Å². The number of hydrogen-bond donors (Lipinski definition) is 1. The van der Waals surface area contributed by atoms with Gasteiger partial charge in [-0.1, -0.05) is 35.4 Å². The molecule has 0 saturated heterocycles. The van der Waals surface area contributed by atoms with Crippen molar-refractivity contribution in [2.24, 2.45) is 0 Å². The third-order valence-corrected chi connectivity index (χ3v) is 4.75. The van der Waals surface area contributed by atoms with E-state index in [-0.39, 0.29) is 25.2 Å². The molecule has 3 aromatic rings. The van der Waals surface area contributed by atoms with Gasteiger partial charge in [0.2, 0.25) is 5.89 Å². The van der Waals surface area contributed by atoms with Crippen molar-refractivity contribution >= 4 is 23.1 Å². The predicted octanol–water partition coefficient (Wildman–Crippen LogP) is 3.96. The number of carbonyl (C=O) groups excluding carboxylic acids is 1. The van der Waals surface area contributed by atoms with Crippen LogP contribution in [0.3, 0.4) is 0 Å². The fourth-order valence-electron chi connectivity index (χ4n) is 2.85. The Kier molecular flexibility index (Phi) is 5.99. The number of nitrogens with one attached hydrogen (secondary N) is 1. The molecule has 0 spiro atoms. The van der Waals surface area contributed by atoms with Gasteiger partial charge in [-0.25, -0.2) is 0 Å². The number of rotatable bonds is 8. The van der Waals surface area contributed by atoms with E-state index in [0.717, 1.165) is 11.1 Å². The second-order valence-electron chi connectivity index (χ2n) is 6.92. The summed E-state index contributed by atoms with van der Waals surface area (Å²) in [5.41, 5.74) is 2.03. The molecule has 1 N–H and O–H groups in total. The molecule has 1 heterocycles. The lowest BCUT2D eigenvalue weighted by Crippen LogP contribution is -2.40. The number of benzene rings is 2. The second-order valence-corrected chi connectivity index (χ2v) is 7.35. The van der Waals surface area contributed by atoms with Gasteiger partial charge < -0.3 is 19.2 Å². The minimum atomic E-state index is -0.182. The summed E-state index contributed by atoms with van der Waals surface area (Å²) in [4.78, 5) is 12.0. The molecule has 2 aromatic carbocycles. The molecule has 4 rings (SSSR count). The summed E-state index contributed by atoms with van der Waals surface area (Å²) in [5.74, 6) is 1.96. The van der Waals surface area contributed by atoms with Gasteiger partial charge in [0, 0.05) is 17.0 Å². The largest absolute Gasteiger partial charge is 0.484 e. The summed E-state index contributed by atoms with van der Waals surface area (Å²) >= 11 is 5.85. The first kappa shape index (κ1) is 20.0. The Morgan fingerprint density at radius 3 is 2.50 bits per heavy atom. The van der Waals surface area contributed by atoms with E-state index >= 15 is 0 Å². The average Bonchev–Trinajstić information content (AvgIpc) is 3.18. The molecule has 0 radical (unpaired) electrons. The zero-order chi connectivity index (χ0) is 20.9. The highest BCUT2D eigenvalue weighted by Crippen LogP contribution is 2.28. The Labute approximate surface area is 178 Å². The van der Waals surface area contributed by atoms with E-state index in [1.165, 1.54) is 0 Å². The van der Waals surface area contributed by atoms with Crippen molar-refractivity contribution in [3.63, 3.8) is 0 Å². The number of carbonyl (C=O) groups is 1. The fourth-order valence-corrected chi connectivity index (χ4v) is 2.97. The van der Waals surface area contributed by atoms with E-state index in [2.05, 4.69) is 15.5 Å². The van der Waals surface area contributed by atoms with Crippen LogP contribution in [0.25, 0.3) is 5.57 Å². The molecule has 0 fully saturated rings. The van der Waals surface area contributed by atoms with Gasteiger partial charge in [-0.3, -0.25) is 4.79 Å². The maximum absolute atomic E-state index is 12.0. The van der Waals surface area contributed by atoms with Crippen LogP contribution in [0.15, 0.2) is 59.0 Å². The lowest BCUT2D eigenvalue weighted by molar-refractivity contribution is -0.123. The fraction of sp³-hybridized carbons (Fsp3) is 0.227. The van der Waals surface area contributed by atoms with E-state index < -0.39 is 0 Å². The molecule has 1 unspecified atom stereocenters.